The van der Waals surface area contributed by atoms with Crippen LogP contribution in [0, 0.1) is 6.92 Å². The molecule has 3 N–H and O–H groups in total. The van der Waals surface area contributed by atoms with Gasteiger partial charge in [0, 0.05) is 7.05 Å². The van der Waals surface area contributed by atoms with E-state index in [0.29, 0.717) is 0 Å². The van der Waals surface area contributed by atoms with Crippen LogP contribution in [0.5, 0.6) is 0 Å². The number of nitrogens with two attached hydrogens (primary N) is 1. The SMILES string of the molecule is CCOC(=O)CC(O)(c1c(C)nn(C)c1N)C(F)(F)F. The summed E-state index contributed by atoms with van der Waals surface area (Å²) in [6.45, 7) is 2.63. The fourth-order valence-corrected chi connectivity index (χ4v) is 1.94. The van der Waals surface area contributed by atoms with Gasteiger partial charge < -0.3 is 15.6 Å². The Labute approximate surface area is 113 Å². The van der Waals surface area contributed by atoms with Gasteiger partial charge in [-0.2, -0.15) is 18.3 Å². The van der Waals surface area contributed by atoms with Crippen LogP contribution in [0.2, 0.25) is 0 Å². The van der Waals surface area contributed by atoms with Gasteiger partial charge in [0.05, 0.1) is 24.3 Å². The van der Waals surface area contributed by atoms with Crippen molar-refractivity contribution in [2.45, 2.75) is 32.0 Å². The Balaban J connectivity index is 3.36. The molecule has 0 spiro atoms. The van der Waals surface area contributed by atoms with E-state index >= 15 is 0 Å². The van der Waals surface area contributed by atoms with Crippen molar-refractivity contribution in [3.8, 4) is 0 Å². The molecule has 0 aliphatic rings. The molecule has 1 aromatic heterocycles. The van der Waals surface area contributed by atoms with Crippen molar-refractivity contribution >= 4 is 11.8 Å². The minimum atomic E-state index is -5.10. The number of hydrogen-bond donors (Lipinski definition) is 2. The lowest BCUT2D eigenvalue weighted by Crippen LogP contribution is -2.45. The molecule has 0 aromatic carbocycles. The van der Waals surface area contributed by atoms with Crippen LogP contribution < -0.4 is 5.73 Å². The lowest BCUT2D eigenvalue weighted by atomic mass is 9.89. The van der Waals surface area contributed by atoms with Crippen molar-refractivity contribution in [2.75, 3.05) is 12.3 Å². The Morgan fingerprint density at radius 3 is 2.40 bits per heavy atom. The summed E-state index contributed by atoms with van der Waals surface area (Å²) in [6.07, 6.45) is -6.37. The maximum Gasteiger partial charge on any atom is 0.422 e. The highest BCUT2D eigenvalue weighted by Gasteiger charge is 2.58. The van der Waals surface area contributed by atoms with E-state index in [0.717, 1.165) is 4.68 Å². The highest BCUT2D eigenvalue weighted by atomic mass is 19.4. The molecule has 0 amide bonds. The third-order valence-corrected chi connectivity index (χ3v) is 2.85. The number of halogens is 3. The van der Waals surface area contributed by atoms with Crippen LogP contribution in [0.1, 0.15) is 24.6 Å². The normalized spacial score (nSPS) is 14.9. The number of ether oxygens (including phenoxy) is 1. The zero-order valence-corrected chi connectivity index (χ0v) is 11.3. The second kappa shape index (κ2) is 5.31. The van der Waals surface area contributed by atoms with E-state index in [1.807, 2.05) is 0 Å². The number of carbonyl (C=O) groups is 1. The first-order valence-corrected chi connectivity index (χ1v) is 5.78. The maximum atomic E-state index is 13.2. The number of anilines is 1. The number of aliphatic hydroxyl groups is 1. The number of nitrogen functional groups attached to an aromatic ring is 1. The van der Waals surface area contributed by atoms with Gasteiger partial charge in [0.15, 0.2) is 0 Å². The summed E-state index contributed by atoms with van der Waals surface area (Å²) in [6, 6.07) is 0. The van der Waals surface area contributed by atoms with E-state index < -0.39 is 29.7 Å². The number of esters is 1. The Hall–Kier alpha value is -1.77. The van der Waals surface area contributed by atoms with Crippen LogP contribution in [-0.4, -0.2) is 33.6 Å². The summed E-state index contributed by atoms with van der Waals surface area (Å²) in [4.78, 5) is 11.4. The lowest BCUT2D eigenvalue weighted by molar-refractivity contribution is -0.269. The summed E-state index contributed by atoms with van der Waals surface area (Å²) in [5.74, 6) is -1.53. The molecule has 1 atom stereocenters. The molecular formula is C11H16F3N3O3. The molecule has 0 saturated carbocycles. The van der Waals surface area contributed by atoms with Gasteiger partial charge in [0.1, 0.15) is 5.82 Å². The van der Waals surface area contributed by atoms with Crippen LogP contribution in [-0.2, 0) is 22.2 Å². The van der Waals surface area contributed by atoms with Crippen molar-refractivity contribution in [3.63, 3.8) is 0 Å². The molecule has 0 fully saturated rings. The number of hydrogen-bond acceptors (Lipinski definition) is 5. The lowest BCUT2D eigenvalue weighted by Gasteiger charge is -2.30. The van der Waals surface area contributed by atoms with Gasteiger partial charge in [0.2, 0.25) is 5.60 Å². The van der Waals surface area contributed by atoms with Crippen LogP contribution in [0.3, 0.4) is 0 Å². The second-order valence-corrected chi connectivity index (χ2v) is 4.31. The standard InChI is InChI=1S/C11H16F3N3O3/c1-4-20-7(18)5-10(19,11(12,13)14)8-6(2)16-17(3)9(8)15/h19H,4-5,15H2,1-3H3. The number of aromatic nitrogens is 2. The molecule has 1 heterocycles. The van der Waals surface area contributed by atoms with Gasteiger partial charge in [-0.3, -0.25) is 9.48 Å². The second-order valence-electron chi connectivity index (χ2n) is 4.31. The van der Waals surface area contributed by atoms with Gasteiger partial charge >= 0.3 is 12.1 Å². The van der Waals surface area contributed by atoms with Crippen LogP contribution in [0.15, 0.2) is 0 Å². The summed E-state index contributed by atoms with van der Waals surface area (Å²) in [5, 5.41) is 13.8. The first kappa shape index (κ1) is 16.3. The summed E-state index contributed by atoms with van der Waals surface area (Å²) in [7, 11) is 1.34. The molecule has 9 heteroatoms. The van der Waals surface area contributed by atoms with Gasteiger partial charge in [-0.15, -0.1) is 0 Å². The maximum absolute atomic E-state index is 13.2. The summed E-state index contributed by atoms with van der Waals surface area (Å²) < 4.78 is 45.1. The third kappa shape index (κ3) is 2.72. The summed E-state index contributed by atoms with van der Waals surface area (Å²) in [5.41, 5.74) is 1.37. The fraction of sp³-hybridized carbons (Fsp3) is 0.636. The molecular weight excluding hydrogens is 279 g/mol. The molecule has 0 radical (unpaired) electrons. The van der Waals surface area contributed by atoms with E-state index in [-0.39, 0.29) is 18.1 Å². The van der Waals surface area contributed by atoms with Gasteiger partial charge in [0.25, 0.3) is 0 Å². The van der Waals surface area contributed by atoms with Gasteiger partial charge in [-0.1, -0.05) is 0 Å². The van der Waals surface area contributed by atoms with Crippen molar-refractivity contribution in [1.82, 2.24) is 9.78 Å². The zero-order valence-electron chi connectivity index (χ0n) is 11.3. The number of aryl methyl sites for hydroxylation is 2. The predicted molar refractivity (Wildman–Crippen MR) is 63.6 cm³/mol. The molecule has 0 aliphatic carbocycles. The number of rotatable bonds is 4. The largest absolute Gasteiger partial charge is 0.466 e. The Morgan fingerprint density at radius 2 is 2.05 bits per heavy atom. The van der Waals surface area contributed by atoms with E-state index in [1.165, 1.54) is 20.9 Å². The molecule has 1 aromatic rings. The van der Waals surface area contributed by atoms with Crippen molar-refractivity contribution in [1.29, 1.82) is 0 Å². The Morgan fingerprint density at radius 1 is 1.50 bits per heavy atom. The van der Waals surface area contributed by atoms with E-state index in [2.05, 4.69) is 9.84 Å². The van der Waals surface area contributed by atoms with Crippen LogP contribution >= 0.6 is 0 Å². The quantitative estimate of drug-likeness (QED) is 0.809. The molecule has 0 saturated heterocycles. The highest BCUT2D eigenvalue weighted by Crippen LogP contribution is 2.45. The highest BCUT2D eigenvalue weighted by molar-refractivity contribution is 5.72. The molecule has 0 bridgehead atoms. The fourth-order valence-electron chi connectivity index (χ4n) is 1.94. The van der Waals surface area contributed by atoms with E-state index in [1.54, 1.807) is 0 Å². The minimum absolute atomic E-state index is 0.0890. The summed E-state index contributed by atoms with van der Waals surface area (Å²) >= 11 is 0. The predicted octanol–water partition coefficient (Wildman–Crippen LogP) is 1.01. The minimum Gasteiger partial charge on any atom is -0.466 e. The topological polar surface area (TPSA) is 90.4 Å². The molecule has 1 unspecified atom stereocenters. The first-order valence-electron chi connectivity index (χ1n) is 5.78. The number of alkyl halides is 3. The van der Waals surface area contributed by atoms with Gasteiger partial charge in [-0.05, 0) is 13.8 Å². The molecule has 114 valence electrons. The Bertz CT molecular complexity index is 513. The average molecular weight is 295 g/mol. The molecule has 0 aliphatic heterocycles. The first-order chi connectivity index (χ1) is 9.04. The number of nitrogens with zero attached hydrogens (tertiary/aromatic N) is 2. The third-order valence-electron chi connectivity index (χ3n) is 2.85. The zero-order chi connectivity index (χ0) is 15.7. The van der Waals surface area contributed by atoms with Crippen molar-refractivity contribution in [2.24, 2.45) is 7.05 Å². The van der Waals surface area contributed by atoms with Crippen LogP contribution in [0.25, 0.3) is 0 Å². The average Bonchev–Trinajstić information content (AvgIpc) is 2.51. The van der Waals surface area contributed by atoms with Crippen LogP contribution in [0.4, 0.5) is 19.0 Å². The van der Waals surface area contributed by atoms with Crippen molar-refractivity contribution < 1.29 is 27.8 Å². The van der Waals surface area contributed by atoms with E-state index in [4.69, 9.17) is 5.73 Å². The molecule has 1 rings (SSSR count). The Kier molecular flexibility index (Phi) is 4.33. The molecule has 20 heavy (non-hydrogen) atoms. The molecule has 6 nitrogen and oxygen atoms in total. The monoisotopic (exact) mass is 295 g/mol. The van der Waals surface area contributed by atoms with Gasteiger partial charge in [-0.25, -0.2) is 0 Å². The smallest absolute Gasteiger partial charge is 0.422 e. The van der Waals surface area contributed by atoms with Crippen molar-refractivity contribution in [3.05, 3.63) is 11.3 Å². The van der Waals surface area contributed by atoms with E-state index in [9.17, 15) is 23.1 Å². The number of carbonyl (C=O) groups excluding carboxylic acids is 1.